The molecule has 2 amide bonds. The van der Waals surface area contributed by atoms with Gasteiger partial charge >= 0.3 is 12.1 Å². The number of rotatable bonds is 8. The number of amides is 2. The first-order chi connectivity index (χ1) is 11.9. The highest BCUT2D eigenvalue weighted by atomic mass is 16.5. The molecular weight excluding hydrogens is 324 g/mol. The van der Waals surface area contributed by atoms with Crippen LogP contribution in [-0.4, -0.2) is 37.2 Å². The second-order valence-electron chi connectivity index (χ2n) is 5.82. The summed E-state index contributed by atoms with van der Waals surface area (Å²) in [5.74, 6) is -1.14. The maximum absolute atomic E-state index is 12.4. The van der Waals surface area contributed by atoms with E-state index in [4.69, 9.17) is 4.74 Å². The standard InChI is InChI=1S/C18H26N2O5/c1-5-12(2)15(16(21)19-13(3)17(22)24-4)20-18(23)25-11-14-9-7-6-8-10-14/h6-10,12-13,15H,5,11H2,1-4H3,(H,19,21)(H,20,23). The second-order valence-corrected chi connectivity index (χ2v) is 5.82. The summed E-state index contributed by atoms with van der Waals surface area (Å²) in [4.78, 5) is 35.9. The average molecular weight is 350 g/mol. The third-order valence-corrected chi connectivity index (χ3v) is 3.90. The molecule has 0 aliphatic carbocycles. The van der Waals surface area contributed by atoms with E-state index in [-0.39, 0.29) is 12.5 Å². The van der Waals surface area contributed by atoms with E-state index in [9.17, 15) is 14.4 Å². The van der Waals surface area contributed by atoms with Crippen molar-refractivity contribution in [1.29, 1.82) is 0 Å². The zero-order valence-corrected chi connectivity index (χ0v) is 15.1. The molecule has 1 aromatic rings. The van der Waals surface area contributed by atoms with Gasteiger partial charge in [0.05, 0.1) is 7.11 Å². The molecule has 0 aliphatic heterocycles. The van der Waals surface area contributed by atoms with Gasteiger partial charge in [0.15, 0.2) is 0 Å². The molecule has 0 bridgehead atoms. The van der Waals surface area contributed by atoms with E-state index in [1.165, 1.54) is 14.0 Å². The van der Waals surface area contributed by atoms with Gasteiger partial charge in [-0.1, -0.05) is 50.6 Å². The van der Waals surface area contributed by atoms with Gasteiger partial charge in [-0.15, -0.1) is 0 Å². The summed E-state index contributed by atoms with van der Waals surface area (Å²) in [6, 6.07) is 7.64. The molecule has 7 nitrogen and oxygen atoms in total. The maximum atomic E-state index is 12.4. The molecule has 2 N–H and O–H groups in total. The number of methoxy groups -OCH3 is 1. The molecule has 0 aliphatic rings. The number of carbonyl (C=O) groups is 3. The number of ether oxygens (including phenoxy) is 2. The summed E-state index contributed by atoms with van der Waals surface area (Å²) in [6.45, 7) is 5.38. The maximum Gasteiger partial charge on any atom is 0.408 e. The van der Waals surface area contributed by atoms with Gasteiger partial charge in [0.25, 0.3) is 0 Å². The van der Waals surface area contributed by atoms with Crippen LogP contribution in [0.5, 0.6) is 0 Å². The molecule has 138 valence electrons. The van der Waals surface area contributed by atoms with Crippen molar-refractivity contribution in [2.24, 2.45) is 5.92 Å². The lowest BCUT2D eigenvalue weighted by molar-refractivity contribution is -0.144. The Labute approximate surface area is 148 Å². The van der Waals surface area contributed by atoms with Crippen molar-refractivity contribution in [3.05, 3.63) is 35.9 Å². The van der Waals surface area contributed by atoms with E-state index >= 15 is 0 Å². The smallest absolute Gasteiger partial charge is 0.408 e. The lowest BCUT2D eigenvalue weighted by Gasteiger charge is -2.24. The van der Waals surface area contributed by atoms with Crippen molar-refractivity contribution in [3.8, 4) is 0 Å². The molecule has 0 aromatic heterocycles. The number of carbonyl (C=O) groups excluding carboxylic acids is 3. The van der Waals surface area contributed by atoms with Crippen LogP contribution in [0.3, 0.4) is 0 Å². The Bertz CT molecular complexity index is 576. The van der Waals surface area contributed by atoms with Crippen LogP contribution in [0.4, 0.5) is 4.79 Å². The van der Waals surface area contributed by atoms with Crippen molar-refractivity contribution in [2.45, 2.75) is 45.9 Å². The van der Waals surface area contributed by atoms with Crippen molar-refractivity contribution in [3.63, 3.8) is 0 Å². The fourth-order valence-corrected chi connectivity index (χ4v) is 2.13. The van der Waals surface area contributed by atoms with E-state index < -0.39 is 30.1 Å². The number of hydrogen-bond acceptors (Lipinski definition) is 5. The summed E-state index contributed by atoms with van der Waals surface area (Å²) in [5, 5.41) is 5.12. The fraction of sp³-hybridized carbons (Fsp3) is 0.500. The van der Waals surface area contributed by atoms with Crippen molar-refractivity contribution in [1.82, 2.24) is 10.6 Å². The van der Waals surface area contributed by atoms with Crippen molar-refractivity contribution >= 4 is 18.0 Å². The van der Waals surface area contributed by atoms with Crippen LogP contribution in [0.2, 0.25) is 0 Å². The third-order valence-electron chi connectivity index (χ3n) is 3.90. The van der Waals surface area contributed by atoms with Crippen LogP contribution in [0.15, 0.2) is 30.3 Å². The average Bonchev–Trinajstić information content (AvgIpc) is 2.63. The van der Waals surface area contributed by atoms with Crippen LogP contribution in [0.1, 0.15) is 32.8 Å². The Morgan fingerprint density at radius 2 is 1.72 bits per heavy atom. The molecule has 0 radical (unpaired) electrons. The predicted octanol–water partition coefficient (Wildman–Crippen LogP) is 2.01. The van der Waals surface area contributed by atoms with Crippen molar-refractivity contribution < 1.29 is 23.9 Å². The summed E-state index contributed by atoms with van der Waals surface area (Å²) in [7, 11) is 1.25. The molecule has 0 saturated heterocycles. The minimum Gasteiger partial charge on any atom is -0.467 e. The molecule has 1 aromatic carbocycles. The number of alkyl carbamates (subject to hydrolysis) is 1. The second kappa shape index (κ2) is 10.3. The lowest BCUT2D eigenvalue weighted by atomic mass is 9.98. The largest absolute Gasteiger partial charge is 0.467 e. The zero-order chi connectivity index (χ0) is 18.8. The first-order valence-electron chi connectivity index (χ1n) is 8.24. The number of nitrogens with one attached hydrogen (secondary N) is 2. The molecule has 3 unspecified atom stereocenters. The van der Waals surface area contributed by atoms with Gasteiger partial charge in [-0.2, -0.15) is 0 Å². The highest BCUT2D eigenvalue weighted by molar-refractivity contribution is 5.89. The van der Waals surface area contributed by atoms with E-state index in [0.717, 1.165) is 5.56 Å². The normalized spacial score (nSPS) is 13.9. The molecule has 25 heavy (non-hydrogen) atoms. The van der Waals surface area contributed by atoms with Crippen LogP contribution in [0.25, 0.3) is 0 Å². The third kappa shape index (κ3) is 6.82. The molecule has 7 heteroatoms. The molecule has 0 saturated carbocycles. The molecule has 3 atom stereocenters. The SMILES string of the molecule is CCC(C)C(NC(=O)OCc1ccccc1)C(=O)NC(C)C(=O)OC. The molecule has 0 heterocycles. The number of esters is 1. The van der Waals surface area contributed by atoms with Crippen LogP contribution < -0.4 is 10.6 Å². The van der Waals surface area contributed by atoms with Crippen LogP contribution >= 0.6 is 0 Å². The quantitative estimate of drug-likeness (QED) is 0.700. The first-order valence-corrected chi connectivity index (χ1v) is 8.24. The Balaban J connectivity index is 2.63. The van der Waals surface area contributed by atoms with E-state index in [1.54, 1.807) is 0 Å². The van der Waals surface area contributed by atoms with Gasteiger partial charge in [0.2, 0.25) is 5.91 Å². The lowest BCUT2D eigenvalue weighted by Crippen LogP contribution is -2.53. The highest BCUT2D eigenvalue weighted by Crippen LogP contribution is 2.09. The Kier molecular flexibility index (Phi) is 8.46. The predicted molar refractivity (Wildman–Crippen MR) is 92.6 cm³/mol. The Hall–Kier alpha value is -2.57. The topological polar surface area (TPSA) is 93.7 Å². The fourth-order valence-electron chi connectivity index (χ4n) is 2.13. The van der Waals surface area contributed by atoms with E-state index in [0.29, 0.717) is 6.42 Å². The van der Waals surface area contributed by atoms with Gasteiger partial charge in [0.1, 0.15) is 18.7 Å². The summed E-state index contributed by atoms with van der Waals surface area (Å²) in [5.41, 5.74) is 0.849. The van der Waals surface area contributed by atoms with Crippen LogP contribution in [-0.2, 0) is 25.7 Å². The minimum absolute atomic E-state index is 0.111. The van der Waals surface area contributed by atoms with Crippen LogP contribution in [0, 0.1) is 5.92 Å². The monoisotopic (exact) mass is 350 g/mol. The summed E-state index contributed by atoms with van der Waals surface area (Å²) < 4.78 is 9.74. The Morgan fingerprint density at radius 3 is 2.28 bits per heavy atom. The van der Waals surface area contributed by atoms with Gasteiger partial charge in [-0.25, -0.2) is 9.59 Å². The van der Waals surface area contributed by atoms with Gasteiger partial charge in [0, 0.05) is 0 Å². The van der Waals surface area contributed by atoms with Gasteiger partial charge < -0.3 is 20.1 Å². The summed E-state index contributed by atoms with van der Waals surface area (Å²) in [6.07, 6.45) is -0.0149. The van der Waals surface area contributed by atoms with E-state index in [1.807, 2.05) is 44.2 Å². The molecule has 1 rings (SSSR count). The van der Waals surface area contributed by atoms with Gasteiger partial charge in [-0.05, 0) is 18.4 Å². The first kappa shape index (κ1) is 20.5. The molecular formula is C18H26N2O5. The van der Waals surface area contributed by atoms with Crippen molar-refractivity contribution in [2.75, 3.05) is 7.11 Å². The molecule has 0 spiro atoms. The number of benzene rings is 1. The minimum atomic E-state index is -0.805. The highest BCUT2D eigenvalue weighted by Gasteiger charge is 2.29. The van der Waals surface area contributed by atoms with E-state index in [2.05, 4.69) is 15.4 Å². The Morgan fingerprint density at radius 1 is 1.08 bits per heavy atom. The zero-order valence-electron chi connectivity index (χ0n) is 15.1. The number of hydrogen-bond donors (Lipinski definition) is 2. The summed E-state index contributed by atoms with van der Waals surface area (Å²) >= 11 is 0. The van der Waals surface area contributed by atoms with Gasteiger partial charge in [-0.3, -0.25) is 4.79 Å². The molecule has 0 fully saturated rings.